The SMILES string of the molecule is Cc1[nH]ncc1C(=O)N1C(C)CC2CNCC21. The van der Waals surface area contributed by atoms with Gasteiger partial charge in [0, 0.05) is 30.9 Å². The van der Waals surface area contributed by atoms with Gasteiger partial charge >= 0.3 is 0 Å². The van der Waals surface area contributed by atoms with E-state index in [-0.39, 0.29) is 5.91 Å². The Bertz CT molecular complexity index is 441. The highest BCUT2D eigenvalue weighted by Gasteiger charge is 2.44. The zero-order valence-electron chi connectivity index (χ0n) is 10.2. The molecule has 5 heteroatoms. The first kappa shape index (κ1) is 10.8. The number of likely N-dealkylation sites (tertiary alicyclic amines) is 1. The Labute approximate surface area is 101 Å². The number of rotatable bonds is 1. The molecule has 3 unspecified atom stereocenters. The summed E-state index contributed by atoms with van der Waals surface area (Å²) in [6, 6.07) is 0.709. The van der Waals surface area contributed by atoms with E-state index < -0.39 is 0 Å². The lowest BCUT2D eigenvalue weighted by molar-refractivity contribution is 0.0681. The average molecular weight is 234 g/mol. The van der Waals surface area contributed by atoms with Crippen molar-refractivity contribution in [2.75, 3.05) is 13.1 Å². The summed E-state index contributed by atoms with van der Waals surface area (Å²) in [6.45, 7) is 6.01. The monoisotopic (exact) mass is 234 g/mol. The zero-order valence-corrected chi connectivity index (χ0v) is 10.2. The van der Waals surface area contributed by atoms with Gasteiger partial charge in [-0.1, -0.05) is 0 Å². The van der Waals surface area contributed by atoms with Gasteiger partial charge in [0.25, 0.3) is 5.91 Å². The number of fused-ring (bicyclic) bond motifs is 1. The Kier molecular flexibility index (Phi) is 2.43. The van der Waals surface area contributed by atoms with Crippen LogP contribution in [0.5, 0.6) is 0 Å². The number of aryl methyl sites for hydroxylation is 1. The summed E-state index contributed by atoms with van der Waals surface area (Å²) in [6.07, 6.45) is 2.75. The number of carbonyl (C=O) groups is 1. The maximum atomic E-state index is 12.5. The Hall–Kier alpha value is -1.36. The van der Waals surface area contributed by atoms with E-state index >= 15 is 0 Å². The van der Waals surface area contributed by atoms with Gasteiger partial charge in [-0.05, 0) is 26.2 Å². The fraction of sp³-hybridized carbons (Fsp3) is 0.667. The molecule has 3 heterocycles. The van der Waals surface area contributed by atoms with Crippen molar-refractivity contribution in [1.82, 2.24) is 20.4 Å². The highest BCUT2D eigenvalue weighted by atomic mass is 16.2. The molecular weight excluding hydrogens is 216 g/mol. The van der Waals surface area contributed by atoms with Crippen LogP contribution in [0.1, 0.15) is 29.4 Å². The Morgan fingerprint density at radius 1 is 1.53 bits per heavy atom. The number of nitrogens with one attached hydrogen (secondary N) is 2. The van der Waals surface area contributed by atoms with E-state index in [2.05, 4.69) is 22.4 Å². The fourth-order valence-corrected chi connectivity index (χ4v) is 3.22. The summed E-state index contributed by atoms with van der Waals surface area (Å²) in [7, 11) is 0. The molecule has 1 aromatic heterocycles. The van der Waals surface area contributed by atoms with E-state index in [0.29, 0.717) is 23.6 Å². The molecule has 3 atom stereocenters. The molecule has 0 saturated carbocycles. The lowest BCUT2D eigenvalue weighted by Gasteiger charge is -2.27. The molecule has 2 saturated heterocycles. The van der Waals surface area contributed by atoms with E-state index in [4.69, 9.17) is 0 Å². The second-order valence-electron chi connectivity index (χ2n) is 5.19. The minimum Gasteiger partial charge on any atom is -0.331 e. The predicted octanol–water partition coefficient (Wildman–Crippen LogP) is 0.541. The third kappa shape index (κ3) is 1.57. The van der Waals surface area contributed by atoms with E-state index in [1.165, 1.54) is 0 Å². The van der Waals surface area contributed by atoms with Crippen molar-refractivity contribution in [2.24, 2.45) is 5.92 Å². The third-order valence-corrected chi connectivity index (χ3v) is 4.08. The van der Waals surface area contributed by atoms with Gasteiger partial charge in [0.2, 0.25) is 0 Å². The van der Waals surface area contributed by atoms with Crippen molar-refractivity contribution in [2.45, 2.75) is 32.4 Å². The molecule has 2 N–H and O–H groups in total. The zero-order chi connectivity index (χ0) is 12.0. The van der Waals surface area contributed by atoms with Crippen molar-refractivity contribution in [3.63, 3.8) is 0 Å². The number of hydrogen-bond acceptors (Lipinski definition) is 3. The lowest BCUT2D eigenvalue weighted by atomic mass is 10.0. The summed E-state index contributed by atoms with van der Waals surface area (Å²) in [5.41, 5.74) is 1.57. The highest BCUT2D eigenvalue weighted by molar-refractivity contribution is 5.95. The largest absolute Gasteiger partial charge is 0.331 e. The first-order valence-corrected chi connectivity index (χ1v) is 6.22. The van der Waals surface area contributed by atoms with Gasteiger partial charge in [0.1, 0.15) is 0 Å². The molecule has 5 nitrogen and oxygen atoms in total. The van der Waals surface area contributed by atoms with Crippen molar-refractivity contribution in [1.29, 1.82) is 0 Å². The van der Waals surface area contributed by atoms with Crippen LogP contribution in [0.25, 0.3) is 0 Å². The van der Waals surface area contributed by atoms with Crippen LogP contribution in [0.15, 0.2) is 6.20 Å². The molecule has 0 bridgehead atoms. The highest BCUT2D eigenvalue weighted by Crippen LogP contribution is 2.33. The number of nitrogens with zero attached hydrogens (tertiary/aromatic N) is 2. The van der Waals surface area contributed by atoms with Gasteiger partial charge in [-0.3, -0.25) is 9.89 Å². The van der Waals surface area contributed by atoms with Crippen molar-refractivity contribution < 1.29 is 4.79 Å². The Morgan fingerprint density at radius 3 is 3.06 bits per heavy atom. The van der Waals surface area contributed by atoms with Crippen LogP contribution in [-0.2, 0) is 0 Å². The molecule has 0 aromatic carbocycles. The van der Waals surface area contributed by atoms with Crippen LogP contribution < -0.4 is 5.32 Å². The first-order chi connectivity index (χ1) is 8.18. The summed E-state index contributed by atoms with van der Waals surface area (Å²) in [4.78, 5) is 14.6. The number of carbonyl (C=O) groups excluding carboxylic acids is 1. The quantitative estimate of drug-likeness (QED) is 0.745. The number of aromatic amines is 1. The number of hydrogen-bond donors (Lipinski definition) is 2. The predicted molar refractivity (Wildman–Crippen MR) is 63.7 cm³/mol. The van der Waals surface area contributed by atoms with Crippen LogP contribution >= 0.6 is 0 Å². The summed E-state index contributed by atoms with van der Waals surface area (Å²) in [5.74, 6) is 0.751. The van der Waals surface area contributed by atoms with Gasteiger partial charge in [0.15, 0.2) is 0 Å². The average Bonchev–Trinajstić information content (AvgIpc) is 2.92. The van der Waals surface area contributed by atoms with Crippen molar-refractivity contribution >= 4 is 5.91 Å². The summed E-state index contributed by atoms with van der Waals surface area (Å²) >= 11 is 0. The standard InChI is InChI=1S/C12H18N4O/c1-7-3-9-4-13-6-11(9)16(7)12(17)10-5-14-15-8(10)2/h5,7,9,11,13H,3-4,6H2,1-2H3,(H,14,15). The van der Waals surface area contributed by atoms with Crippen LogP contribution in [0.2, 0.25) is 0 Å². The van der Waals surface area contributed by atoms with Crippen LogP contribution in [-0.4, -0.2) is 46.2 Å². The summed E-state index contributed by atoms with van der Waals surface area (Å²) in [5, 5.41) is 10.1. The number of aromatic nitrogens is 2. The van der Waals surface area contributed by atoms with Crippen molar-refractivity contribution in [3.8, 4) is 0 Å². The van der Waals surface area contributed by atoms with Crippen LogP contribution in [0.3, 0.4) is 0 Å². The maximum absolute atomic E-state index is 12.5. The Balaban J connectivity index is 1.88. The fourth-order valence-electron chi connectivity index (χ4n) is 3.22. The van der Waals surface area contributed by atoms with Gasteiger partial charge in [0.05, 0.1) is 11.8 Å². The smallest absolute Gasteiger partial charge is 0.257 e. The molecule has 2 aliphatic heterocycles. The molecule has 3 rings (SSSR count). The van der Waals surface area contributed by atoms with Crippen LogP contribution in [0.4, 0.5) is 0 Å². The maximum Gasteiger partial charge on any atom is 0.257 e. The summed E-state index contributed by atoms with van der Waals surface area (Å²) < 4.78 is 0. The van der Waals surface area contributed by atoms with E-state index in [1.54, 1.807) is 6.20 Å². The van der Waals surface area contributed by atoms with E-state index in [1.807, 2.05) is 11.8 Å². The van der Waals surface area contributed by atoms with Gasteiger partial charge < -0.3 is 10.2 Å². The molecule has 92 valence electrons. The second kappa shape index (κ2) is 3.84. The minimum absolute atomic E-state index is 0.125. The van der Waals surface area contributed by atoms with Gasteiger partial charge in [-0.2, -0.15) is 5.10 Å². The lowest BCUT2D eigenvalue weighted by Crippen LogP contribution is -2.42. The van der Waals surface area contributed by atoms with Crippen LogP contribution in [0, 0.1) is 12.8 Å². The molecule has 0 spiro atoms. The molecular formula is C12H18N4O. The first-order valence-electron chi connectivity index (χ1n) is 6.22. The minimum atomic E-state index is 0.125. The number of amides is 1. The molecule has 2 fully saturated rings. The molecule has 0 radical (unpaired) electrons. The van der Waals surface area contributed by atoms with E-state index in [9.17, 15) is 4.79 Å². The van der Waals surface area contributed by atoms with E-state index in [0.717, 1.165) is 25.2 Å². The third-order valence-electron chi connectivity index (χ3n) is 4.08. The molecule has 17 heavy (non-hydrogen) atoms. The van der Waals surface area contributed by atoms with Gasteiger partial charge in [-0.25, -0.2) is 0 Å². The second-order valence-corrected chi connectivity index (χ2v) is 5.19. The topological polar surface area (TPSA) is 61.0 Å². The van der Waals surface area contributed by atoms with Crippen molar-refractivity contribution in [3.05, 3.63) is 17.5 Å². The molecule has 2 aliphatic rings. The van der Waals surface area contributed by atoms with Gasteiger partial charge in [-0.15, -0.1) is 0 Å². The molecule has 0 aliphatic carbocycles. The molecule has 1 aromatic rings. The molecule has 1 amide bonds. The normalized spacial score (nSPS) is 31.9. The Morgan fingerprint density at radius 2 is 2.35 bits per heavy atom. The number of H-pyrrole nitrogens is 1.